The molecular weight excluding hydrogens is 274 g/mol. The molecule has 1 heterocycles. The van der Waals surface area contributed by atoms with E-state index in [1.165, 1.54) is 12.7 Å². The summed E-state index contributed by atoms with van der Waals surface area (Å²) in [7, 11) is 1.46. The SMILES string of the molecule is COC(=O)C(=C(C)c1ccc(C(C)(C)C)cc1)C1CCNC1. The fourth-order valence-electron chi connectivity index (χ4n) is 3.01. The monoisotopic (exact) mass is 301 g/mol. The van der Waals surface area contributed by atoms with Crippen molar-refractivity contribution in [2.45, 2.75) is 39.5 Å². The van der Waals surface area contributed by atoms with Crippen LogP contribution < -0.4 is 5.32 Å². The van der Waals surface area contributed by atoms with Gasteiger partial charge in [0.25, 0.3) is 0 Å². The lowest BCUT2D eigenvalue weighted by atomic mass is 9.85. The lowest BCUT2D eigenvalue weighted by Crippen LogP contribution is -2.19. The Labute approximate surface area is 133 Å². The van der Waals surface area contributed by atoms with Crippen molar-refractivity contribution in [3.63, 3.8) is 0 Å². The van der Waals surface area contributed by atoms with Crippen LogP contribution in [0.25, 0.3) is 5.57 Å². The summed E-state index contributed by atoms with van der Waals surface area (Å²) in [4.78, 5) is 12.2. The molecule has 1 fully saturated rings. The fourth-order valence-corrected chi connectivity index (χ4v) is 3.01. The minimum Gasteiger partial charge on any atom is -0.466 e. The van der Waals surface area contributed by atoms with Gasteiger partial charge < -0.3 is 10.1 Å². The molecule has 0 radical (unpaired) electrons. The third kappa shape index (κ3) is 3.58. The first kappa shape index (κ1) is 16.8. The van der Waals surface area contributed by atoms with Gasteiger partial charge in [-0.1, -0.05) is 45.0 Å². The molecule has 1 aromatic rings. The highest BCUT2D eigenvalue weighted by molar-refractivity contribution is 5.97. The summed E-state index contributed by atoms with van der Waals surface area (Å²) in [6.45, 7) is 10.4. The number of nitrogens with one attached hydrogen (secondary N) is 1. The number of rotatable bonds is 3. The van der Waals surface area contributed by atoms with Gasteiger partial charge in [-0.3, -0.25) is 0 Å². The van der Waals surface area contributed by atoms with E-state index in [1.54, 1.807) is 0 Å². The van der Waals surface area contributed by atoms with Crippen molar-refractivity contribution in [3.05, 3.63) is 41.0 Å². The highest BCUT2D eigenvalue weighted by Gasteiger charge is 2.27. The highest BCUT2D eigenvalue weighted by atomic mass is 16.5. The number of methoxy groups -OCH3 is 1. The van der Waals surface area contributed by atoms with E-state index in [0.29, 0.717) is 0 Å². The number of benzene rings is 1. The van der Waals surface area contributed by atoms with Gasteiger partial charge in [0.05, 0.1) is 7.11 Å². The molecule has 1 N–H and O–H groups in total. The van der Waals surface area contributed by atoms with Gasteiger partial charge >= 0.3 is 5.97 Å². The van der Waals surface area contributed by atoms with Crippen molar-refractivity contribution >= 4 is 11.5 Å². The first-order valence-corrected chi connectivity index (χ1v) is 7.95. The van der Waals surface area contributed by atoms with E-state index in [9.17, 15) is 4.79 Å². The van der Waals surface area contributed by atoms with Crippen LogP contribution in [0.5, 0.6) is 0 Å². The molecule has 0 saturated carbocycles. The maximum absolute atomic E-state index is 12.2. The van der Waals surface area contributed by atoms with Gasteiger partial charge in [0.15, 0.2) is 0 Å². The van der Waals surface area contributed by atoms with Crippen molar-refractivity contribution in [3.8, 4) is 0 Å². The van der Waals surface area contributed by atoms with Crippen molar-refractivity contribution in [1.29, 1.82) is 0 Å². The lowest BCUT2D eigenvalue weighted by molar-refractivity contribution is -0.136. The van der Waals surface area contributed by atoms with Crippen LogP contribution in [-0.4, -0.2) is 26.2 Å². The van der Waals surface area contributed by atoms with E-state index in [-0.39, 0.29) is 17.3 Å². The van der Waals surface area contributed by atoms with Crippen molar-refractivity contribution in [2.24, 2.45) is 5.92 Å². The third-order valence-electron chi connectivity index (χ3n) is 4.46. The Morgan fingerprint density at radius 1 is 1.23 bits per heavy atom. The van der Waals surface area contributed by atoms with E-state index in [0.717, 1.165) is 36.2 Å². The van der Waals surface area contributed by atoms with Gasteiger partial charge in [0.2, 0.25) is 0 Å². The number of ether oxygens (including phenoxy) is 1. The number of hydrogen-bond acceptors (Lipinski definition) is 3. The standard InChI is InChI=1S/C19H27NO2/c1-13(14-6-8-16(9-7-14)19(2,3)4)17(18(21)22-5)15-10-11-20-12-15/h6-9,15,20H,10-12H2,1-5H3. The molecular formula is C19H27NO2. The molecule has 3 nitrogen and oxygen atoms in total. The van der Waals surface area contributed by atoms with Crippen LogP contribution in [-0.2, 0) is 14.9 Å². The number of carbonyl (C=O) groups excluding carboxylic acids is 1. The van der Waals surface area contributed by atoms with Crippen LogP contribution in [0.1, 0.15) is 45.2 Å². The van der Waals surface area contributed by atoms with E-state index in [1.807, 2.05) is 6.92 Å². The van der Waals surface area contributed by atoms with Crippen LogP contribution in [0.3, 0.4) is 0 Å². The Morgan fingerprint density at radius 3 is 2.32 bits per heavy atom. The van der Waals surface area contributed by atoms with E-state index in [4.69, 9.17) is 4.74 Å². The molecule has 0 amide bonds. The number of allylic oxidation sites excluding steroid dienone is 1. The molecule has 22 heavy (non-hydrogen) atoms. The van der Waals surface area contributed by atoms with Crippen molar-refractivity contribution in [2.75, 3.05) is 20.2 Å². The Bertz CT molecular complexity index is 558. The molecule has 2 rings (SSSR count). The summed E-state index contributed by atoms with van der Waals surface area (Å²) in [6.07, 6.45) is 0.988. The summed E-state index contributed by atoms with van der Waals surface area (Å²) in [5, 5.41) is 3.33. The van der Waals surface area contributed by atoms with Crippen molar-refractivity contribution < 1.29 is 9.53 Å². The predicted octanol–water partition coefficient (Wildman–Crippen LogP) is 3.54. The summed E-state index contributed by atoms with van der Waals surface area (Å²) in [6, 6.07) is 8.53. The lowest BCUT2D eigenvalue weighted by Gasteiger charge is -2.20. The normalized spacial score (nSPS) is 19.8. The molecule has 1 unspecified atom stereocenters. The Kier molecular flexibility index (Phi) is 5.07. The topological polar surface area (TPSA) is 38.3 Å². The summed E-state index contributed by atoms with van der Waals surface area (Å²) in [5.41, 5.74) is 4.37. The second-order valence-electron chi connectivity index (χ2n) is 7.05. The van der Waals surface area contributed by atoms with Crippen LogP contribution in [0, 0.1) is 5.92 Å². The smallest absolute Gasteiger partial charge is 0.334 e. The molecule has 0 spiro atoms. The average molecular weight is 301 g/mol. The van der Waals surface area contributed by atoms with Crippen LogP contribution >= 0.6 is 0 Å². The van der Waals surface area contributed by atoms with Crippen molar-refractivity contribution in [1.82, 2.24) is 5.32 Å². The second-order valence-corrected chi connectivity index (χ2v) is 7.05. The third-order valence-corrected chi connectivity index (χ3v) is 4.46. The molecule has 1 aliphatic rings. The van der Waals surface area contributed by atoms with E-state index >= 15 is 0 Å². The largest absolute Gasteiger partial charge is 0.466 e. The molecule has 1 atom stereocenters. The summed E-state index contributed by atoms with van der Waals surface area (Å²) < 4.78 is 5.02. The minimum atomic E-state index is -0.203. The average Bonchev–Trinajstić information content (AvgIpc) is 3.00. The van der Waals surface area contributed by atoms with E-state index in [2.05, 4.69) is 50.4 Å². The quantitative estimate of drug-likeness (QED) is 0.685. The molecule has 1 aromatic carbocycles. The zero-order valence-electron chi connectivity index (χ0n) is 14.3. The van der Waals surface area contributed by atoms with Gasteiger partial charge in [-0.25, -0.2) is 4.79 Å². The first-order valence-electron chi connectivity index (χ1n) is 7.95. The van der Waals surface area contributed by atoms with Crippen LogP contribution in [0.2, 0.25) is 0 Å². The molecule has 1 saturated heterocycles. The second kappa shape index (κ2) is 6.66. The number of esters is 1. The van der Waals surface area contributed by atoms with Gasteiger partial charge in [0.1, 0.15) is 0 Å². The predicted molar refractivity (Wildman–Crippen MR) is 90.7 cm³/mol. The van der Waals surface area contributed by atoms with Gasteiger partial charge in [-0.15, -0.1) is 0 Å². The highest BCUT2D eigenvalue weighted by Crippen LogP contribution is 2.30. The zero-order valence-corrected chi connectivity index (χ0v) is 14.3. The fraction of sp³-hybridized carbons (Fsp3) is 0.526. The molecule has 120 valence electrons. The Morgan fingerprint density at radius 2 is 1.86 bits per heavy atom. The van der Waals surface area contributed by atoms with Gasteiger partial charge in [-0.2, -0.15) is 0 Å². The summed E-state index contributed by atoms with van der Waals surface area (Å²) >= 11 is 0. The Balaban J connectivity index is 2.39. The Hall–Kier alpha value is -1.61. The van der Waals surface area contributed by atoms with Crippen LogP contribution in [0.4, 0.5) is 0 Å². The summed E-state index contributed by atoms with van der Waals surface area (Å²) in [5.74, 6) is 0.0424. The van der Waals surface area contributed by atoms with E-state index < -0.39 is 0 Å². The van der Waals surface area contributed by atoms with Gasteiger partial charge in [0, 0.05) is 18.0 Å². The zero-order chi connectivity index (χ0) is 16.3. The molecule has 1 aliphatic heterocycles. The molecule has 0 aromatic heterocycles. The molecule has 3 heteroatoms. The maximum Gasteiger partial charge on any atom is 0.334 e. The number of carbonyl (C=O) groups is 1. The van der Waals surface area contributed by atoms with Gasteiger partial charge in [-0.05, 0) is 42.0 Å². The maximum atomic E-state index is 12.2. The van der Waals surface area contributed by atoms with Crippen LogP contribution in [0.15, 0.2) is 29.8 Å². The first-order chi connectivity index (χ1) is 10.3. The molecule has 0 bridgehead atoms. The minimum absolute atomic E-state index is 0.136. The molecule has 0 aliphatic carbocycles. The number of hydrogen-bond donors (Lipinski definition) is 1.